The molecule has 1 fully saturated rings. The first kappa shape index (κ1) is 13.7. The molecular formula is C14H18O5. The van der Waals surface area contributed by atoms with Crippen LogP contribution in [0, 0.1) is 0 Å². The largest absolute Gasteiger partial charge is 0.493 e. The fourth-order valence-corrected chi connectivity index (χ4v) is 2.45. The van der Waals surface area contributed by atoms with Crippen LogP contribution in [-0.4, -0.2) is 32.4 Å². The van der Waals surface area contributed by atoms with E-state index in [4.69, 9.17) is 14.2 Å². The molecule has 19 heavy (non-hydrogen) atoms. The Hall–Kier alpha value is -1.75. The van der Waals surface area contributed by atoms with E-state index >= 15 is 0 Å². The zero-order chi connectivity index (χ0) is 14.0. The topological polar surface area (TPSA) is 65.0 Å². The van der Waals surface area contributed by atoms with Gasteiger partial charge in [-0.25, -0.2) is 0 Å². The zero-order valence-electron chi connectivity index (χ0n) is 11.4. The number of aliphatic carboxylic acids is 1. The van der Waals surface area contributed by atoms with Gasteiger partial charge in [0.05, 0.1) is 26.2 Å². The van der Waals surface area contributed by atoms with Crippen molar-refractivity contribution in [3.05, 3.63) is 23.3 Å². The first-order valence-electron chi connectivity index (χ1n) is 6.07. The van der Waals surface area contributed by atoms with Gasteiger partial charge in [-0.2, -0.15) is 0 Å². The minimum atomic E-state index is -0.794. The van der Waals surface area contributed by atoms with Gasteiger partial charge in [0, 0.05) is 12.7 Å². The molecule has 0 unspecified atom stereocenters. The van der Waals surface area contributed by atoms with Gasteiger partial charge in [0.1, 0.15) is 0 Å². The molecule has 0 heterocycles. The highest BCUT2D eigenvalue weighted by Gasteiger charge is 2.53. The van der Waals surface area contributed by atoms with E-state index in [1.165, 1.54) is 0 Å². The second kappa shape index (κ2) is 5.09. The van der Waals surface area contributed by atoms with Crippen LogP contribution < -0.4 is 9.47 Å². The van der Waals surface area contributed by atoms with Crippen molar-refractivity contribution >= 4 is 5.97 Å². The van der Waals surface area contributed by atoms with Crippen molar-refractivity contribution in [1.82, 2.24) is 0 Å². The van der Waals surface area contributed by atoms with Crippen molar-refractivity contribution in [3.8, 4) is 11.5 Å². The predicted octanol–water partition coefficient (Wildman–Crippen LogP) is 1.97. The third-order valence-corrected chi connectivity index (χ3v) is 3.61. The Morgan fingerprint density at radius 2 is 1.95 bits per heavy atom. The monoisotopic (exact) mass is 266 g/mol. The third-order valence-electron chi connectivity index (χ3n) is 3.61. The lowest BCUT2D eigenvalue weighted by Gasteiger charge is -2.20. The number of hydrogen-bond donors (Lipinski definition) is 1. The SMILES string of the molecule is COCc1c(C2(C(=O)O)CC2)ccc(OC)c1OC. The number of rotatable bonds is 6. The van der Waals surface area contributed by atoms with E-state index in [-0.39, 0.29) is 0 Å². The molecule has 2 rings (SSSR count). The highest BCUT2D eigenvalue weighted by Crippen LogP contribution is 2.52. The fraction of sp³-hybridized carbons (Fsp3) is 0.500. The number of benzene rings is 1. The summed E-state index contributed by atoms with van der Waals surface area (Å²) in [4.78, 5) is 11.5. The molecule has 0 saturated heterocycles. The van der Waals surface area contributed by atoms with E-state index < -0.39 is 11.4 Å². The van der Waals surface area contributed by atoms with Crippen LogP contribution in [0.3, 0.4) is 0 Å². The van der Waals surface area contributed by atoms with E-state index in [0.29, 0.717) is 30.9 Å². The summed E-state index contributed by atoms with van der Waals surface area (Å²) < 4.78 is 15.8. The summed E-state index contributed by atoms with van der Waals surface area (Å²) in [6.07, 6.45) is 1.29. The van der Waals surface area contributed by atoms with Crippen LogP contribution in [0.1, 0.15) is 24.0 Å². The molecule has 0 bridgehead atoms. The maximum Gasteiger partial charge on any atom is 0.314 e. The van der Waals surface area contributed by atoms with Gasteiger partial charge in [-0.15, -0.1) is 0 Å². The Labute approximate surface area is 112 Å². The molecule has 0 aromatic heterocycles. The molecular weight excluding hydrogens is 248 g/mol. The maximum absolute atomic E-state index is 11.5. The van der Waals surface area contributed by atoms with Gasteiger partial charge in [-0.05, 0) is 24.5 Å². The summed E-state index contributed by atoms with van der Waals surface area (Å²) in [6, 6.07) is 3.55. The Kier molecular flexibility index (Phi) is 3.66. The zero-order valence-corrected chi connectivity index (χ0v) is 11.4. The van der Waals surface area contributed by atoms with Gasteiger partial charge in [0.25, 0.3) is 0 Å². The van der Waals surface area contributed by atoms with Crippen molar-refractivity contribution in [3.63, 3.8) is 0 Å². The minimum Gasteiger partial charge on any atom is -0.493 e. The lowest BCUT2D eigenvalue weighted by molar-refractivity contribution is -0.140. The summed E-state index contributed by atoms with van der Waals surface area (Å²) in [5.74, 6) is 0.339. The van der Waals surface area contributed by atoms with Crippen LogP contribution in [0.25, 0.3) is 0 Å². The van der Waals surface area contributed by atoms with Crippen molar-refractivity contribution in [2.24, 2.45) is 0 Å². The summed E-state index contributed by atoms with van der Waals surface area (Å²) in [5.41, 5.74) is 0.733. The Bertz CT molecular complexity index is 491. The Morgan fingerprint density at radius 1 is 1.26 bits per heavy atom. The first-order chi connectivity index (χ1) is 9.10. The summed E-state index contributed by atoms with van der Waals surface area (Å²) in [5, 5.41) is 9.43. The molecule has 5 nitrogen and oxygen atoms in total. The highest BCUT2D eigenvalue weighted by molar-refractivity contribution is 5.86. The highest BCUT2D eigenvalue weighted by atomic mass is 16.5. The third kappa shape index (κ3) is 2.14. The lowest BCUT2D eigenvalue weighted by atomic mass is 9.90. The average Bonchev–Trinajstić information content (AvgIpc) is 3.19. The number of carbonyl (C=O) groups is 1. The van der Waals surface area contributed by atoms with Crippen molar-refractivity contribution in [2.75, 3.05) is 21.3 Å². The van der Waals surface area contributed by atoms with E-state index in [1.807, 2.05) is 0 Å². The van der Waals surface area contributed by atoms with E-state index in [9.17, 15) is 9.90 Å². The number of ether oxygens (including phenoxy) is 3. The maximum atomic E-state index is 11.5. The summed E-state index contributed by atoms with van der Waals surface area (Å²) in [6.45, 7) is 0.296. The van der Waals surface area contributed by atoms with Gasteiger partial charge in [-0.1, -0.05) is 6.07 Å². The minimum absolute atomic E-state index is 0.296. The standard InChI is InChI=1S/C14H18O5/c1-17-8-9-10(14(6-7-14)13(15)16)4-5-11(18-2)12(9)19-3/h4-5H,6-8H2,1-3H3,(H,15,16). The van der Waals surface area contributed by atoms with Crippen LogP contribution >= 0.6 is 0 Å². The molecule has 1 saturated carbocycles. The van der Waals surface area contributed by atoms with Crippen molar-refractivity contribution in [2.45, 2.75) is 24.9 Å². The molecule has 104 valence electrons. The molecule has 0 aliphatic heterocycles. The Balaban J connectivity index is 2.58. The van der Waals surface area contributed by atoms with Crippen molar-refractivity contribution in [1.29, 1.82) is 0 Å². The van der Waals surface area contributed by atoms with Crippen LogP contribution in [0.2, 0.25) is 0 Å². The molecule has 1 aliphatic carbocycles. The average molecular weight is 266 g/mol. The molecule has 5 heteroatoms. The molecule has 1 N–H and O–H groups in total. The molecule has 1 aliphatic rings. The van der Waals surface area contributed by atoms with E-state index in [2.05, 4.69) is 0 Å². The first-order valence-corrected chi connectivity index (χ1v) is 6.07. The second-order valence-corrected chi connectivity index (χ2v) is 4.65. The predicted molar refractivity (Wildman–Crippen MR) is 68.8 cm³/mol. The van der Waals surface area contributed by atoms with E-state index in [0.717, 1.165) is 11.1 Å². The summed E-state index contributed by atoms with van der Waals surface area (Å²) in [7, 11) is 4.67. The smallest absolute Gasteiger partial charge is 0.314 e. The molecule has 1 aromatic rings. The van der Waals surface area contributed by atoms with Crippen molar-refractivity contribution < 1.29 is 24.1 Å². The Morgan fingerprint density at radius 3 is 2.37 bits per heavy atom. The van der Waals surface area contributed by atoms with E-state index in [1.54, 1.807) is 33.5 Å². The van der Waals surface area contributed by atoms with Gasteiger partial charge in [0.2, 0.25) is 0 Å². The van der Waals surface area contributed by atoms with Gasteiger partial charge >= 0.3 is 5.97 Å². The fourth-order valence-electron chi connectivity index (χ4n) is 2.45. The lowest BCUT2D eigenvalue weighted by Crippen LogP contribution is -2.22. The normalized spacial score (nSPS) is 15.9. The van der Waals surface area contributed by atoms with Crippen LogP contribution in [0.5, 0.6) is 11.5 Å². The molecule has 0 radical (unpaired) electrons. The second-order valence-electron chi connectivity index (χ2n) is 4.65. The van der Waals surface area contributed by atoms with Gasteiger partial charge in [-0.3, -0.25) is 4.79 Å². The molecule has 0 amide bonds. The number of methoxy groups -OCH3 is 3. The number of carboxylic acid groups (broad SMARTS) is 1. The van der Waals surface area contributed by atoms with Gasteiger partial charge < -0.3 is 19.3 Å². The quantitative estimate of drug-likeness (QED) is 0.852. The molecule has 1 aromatic carbocycles. The van der Waals surface area contributed by atoms with Crippen LogP contribution in [0.15, 0.2) is 12.1 Å². The molecule has 0 spiro atoms. The van der Waals surface area contributed by atoms with Crippen LogP contribution in [0.4, 0.5) is 0 Å². The van der Waals surface area contributed by atoms with Gasteiger partial charge in [0.15, 0.2) is 11.5 Å². The summed E-state index contributed by atoms with van der Waals surface area (Å²) >= 11 is 0. The number of hydrogen-bond acceptors (Lipinski definition) is 4. The molecule has 0 atom stereocenters. The number of carboxylic acids is 1. The van der Waals surface area contributed by atoms with Crippen LogP contribution in [-0.2, 0) is 21.6 Å².